The van der Waals surface area contributed by atoms with E-state index in [1.807, 2.05) is 18.2 Å². The average molecular weight is 301 g/mol. The third kappa shape index (κ3) is 4.49. The van der Waals surface area contributed by atoms with Gasteiger partial charge in [-0.3, -0.25) is 4.98 Å². The van der Waals surface area contributed by atoms with Crippen LogP contribution in [0.15, 0.2) is 41.9 Å². The van der Waals surface area contributed by atoms with Gasteiger partial charge < -0.3 is 10.1 Å². The second kappa shape index (κ2) is 8.68. The largest absolute Gasteiger partial charge is 0.380 e. The second-order valence-electron chi connectivity index (χ2n) is 4.57. The van der Waals surface area contributed by atoms with Gasteiger partial charge in [0.1, 0.15) is 5.69 Å². The number of nitrogens with zero attached hydrogens (tertiary/aromatic N) is 3. The lowest BCUT2D eigenvalue weighted by atomic mass is 10.2. The third-order valence-corrected chi connectivity index (χ3v) is 2.92. The van der Waals surface area contributed by atoms with Crippen molar-refractivity contribution in [1.29, 1.82) is 0 Å². The molecule has 7 heteroatoms. The van der Waals surface area contributed by atoms with Crippen LogP contribution in [0.5, 0.6) is 0 Å². The topological polar surface area (TPSA) is 88.5 Å². The van der Waals surface area contributed by atoms with Gasteiger partial charge in [0.2, 0.25) is 0 Å². The fraction of sp³-hybridized carbons (Fsp3) is 0.333. The fourth-order valence-corrected chi connectivity index (χ4v) is 1.90. The standard InChI is InChI=1S/C15H19N5O2/c1-2-10-22-11-9-17-15-14(19-20-21)4-3-13(18-15)12-5-7-16-8-6-12/h3-8H,2,9-11H2,1H3,(H,17,18)(H,19,21). The van der Waals surface area contributed by atoms with E-state index in [1.54, 1.807) is 18.5 Å². The fourth-order valence-electron chi connectivity index (χ4n) is 1.90. The molecule has 0 atom stereocenters. The van der Waals surface area contributed by atoms with Crippen molar-refractivity contribution in [2.24, 2.45) is 5.29 Å². The van der Waals surface area contributed by atoms with Crippen LogP contribution in [0.2, 0.25) is 0 Å². The molecular weight excluding hydrogens is 282 g/mol. The Labute approximate surface area is 129 Å². The summed E-state index contributed by atoms with van der Waals surface area (Å²) >= 11 is 0. The molecule has 0 bridgehead atoms. The molecule has 0 aromatic carbocycles. The zero-order chi connectivity index (χ0) is 15.6. The summed E-state index contributed by atoms with van der Waals surface area (Å²) in [5.74, 6) is 0.564. The highest BCUT2D eigenvalue weighted by atomic mass is 16.5. The van der Waals surface area contributed by atoms with Crippen molar-refractivity contribution in [1.82, 2.24) is 9.97 Å². The molecule has 0 spiro atoms. The van der Waals surface area contributed by atoms with Crippen LogP contribution in [0, 0.1) is 4.91 Å². The van der Waals surface area contributed by atoms with Crippen molar-refractivity contribution in [3.63, 3.8) is 0 Å². The molecule has 0 radical (unpaired) electrons. The first-order valence-electron chi connectivity index (χ1n) is 7.16. The summed E-state index contributed by atoms with van der Waals surface area (Å²) in [4.78, 5) is 19.0. The van der Waals surface area contributed by atoms with Crippen LogP contribution in [0.1, 0.15) is 13.3 Å². The first-order valence-corrected chi connectivity index (χ1v) is 7.16. The van der Waals surface area contributed by atoms with E-state index >= 15 is 0 Å². The van der Waals surface area contributed by atoms with Crippen LogP contribution in [-0.2, 0) is 4.74 Å². The minimum Gasteiger partial charge on any atom is -0.380 e. The molecule has 2 rings (SSSR count). The number of pyridine rings is 2. The SMILES string of the molecule is CCCOCCNc1nc(-c2ccncc2)ccc1NN=O. The number of ether oxygens (including phenoxy) is 1. The number of hydrogen-bond acceptors (Lipinski definition) is 6. The number of nitrogens with one attached hydrogen (secondary N) is 2. The number of nitroso groups, excluding NO2 is 1. The van der Waals surface area contributed by atoms with Gasteiger partial charge in [0.25, 0.3) is 0 Å². The first-order chi connectivity index (χ1) is 10.8. The van der Waals surface area contributed by atoms with Gasteiger partial charge in [0, 0.05) is 31.1 Å². The average Bonchev–Trinajstić information content (AvgIpc) is 2.57. The molecule has 116 valence electrons. The van der Waals surface area contributed by atoms with E-state index in [2.05, 4.69) is 32.9 Å². The van der Waals surface area contributed by atoms with Crippen molar-refractivity contribution < 1.29 is 4.74 Å². The van der Waals surface area contributed by atoms with Gasteiger partial charge in [0.05, 0.1) is 17.6 Å². The summed E-state index contributed by atoms with van der Waals surface area (Å²) in [6.45, 7) is 3.96. The van der Waals surface area contributed by atoms with Crippen molar-refractivity contribution in [2.75, 3.05) is 30.5 Å². The van der Waals surface area contributed by atoms with Crippen LogP contribution >= 0.6 is 0 Å². The number of rotatable bonds is 9. The summed E-state index contributed by atoms with van der Waals surface area (Å²) in [7, 11) is 0. The number of anilines is 2. The molecule has 2 aromatic heterocycles. The van der Waals surface area contributed by atoms with E-state index in [1.165, 1.54) is 0 Å². The Morgan fingerprint density at radius 3 is 2.73 bits per heavy atom. The molecular formula is C15H19N5O2. The molecule has 0 saturated heterocycles. The number of aromatic nitrogens is 2. The quantitative estimate of drug-likeness (QED) is 0.420. The summed E-state index contributed by atoms with van der Waals surface area (Å²) in [6.07, 6.45) is 4.40. The minimum atomic E-state index is 0.531. The van der Waals surface area contributed by atoms with E-state index < -0.39 is 0 Å². The molecule has 0 unspecified atom stereocenters. The monoisotopic (exact) mass is 301 g/mol. The van der Waals surface area contributed by atoms with Crippen molar-refractivity contribution in [3.8, 4) is 11.3 Å². The predicted octanol–water partition coefficient (Wildman–Crippen LogP) is 3.08. The molecule has 0 saturated carbocycles. The molecule has 2 aromatic rings. The molecule has 0 fully saturated rings. The summed E-state index contributed by atoms with van der Waals surface area (Å²) in [5.41, 5.74) is 4.67. The lowest BCUT2D eigenvalue weighted by Gasteiger charge is -2.11. The lowest BCUT2D eigenvalue weighted by molar-refractivity contribution is 0.144. The zero-order valence-electron chi connectivity index (χ0n) is 12.5. The predicted molar refractivity (Wildman–Crippen MR) is 86.5 cm³/mol. The highest BCUT2D eigenvalue weighted by Crippen LogP contribution is 2.24. The van der Waals surface area contributed by atoms with Gasteiger partial charge in [-0.15, -0.1) is 4.91 Å². The lowest BCUT2D eigenvalue weighted by Crippen LogP contribution is -2.12. The molecule has 0 aliphatic carbocycles. The van der Waals surface area contributed by atoms with Crippen molar-refractivity contribution in [3.05, 3.63) is 41.6 Å². The Morgan fingerprint density at radius 2 is 2.00 bits per heavy atom. The Hall–Kier alpha value is -2.54. The van der Waals surface area contributed by atoms with Gasteiger partial charge in [-0.1, -0.05) is 6.92 Å². The van der Waals surface area contributed by atoms with E-state index in [0.29, 0.717) is 24.7 Å². The molecule has 2 heterocycles. The van der Waals surface area contributed by atoms with E-state index in [0.717, 1.165) is 24.3 Å². The molecule has 0 aliphatic heterocycles. The summed E-state index contributed by atoms with van der Waals surface area (Å²) in [6, 6.07) is 7.34. The van der Waals surface area contributed by atoms with Gasteiger partial charge in [-0.25, -0.2) is 10.4 Å². The first kappa shape index (κ1) is 15.8. The Kier molecular flexibility index (Phi) is 6.25. The Bertz CT molecular complexity index is 592. The maximum absolute atomic E-state index is 10.4. The normalized spacial score (nSPS) is 10.2. The van der Waals surface area contributed by atoms with Crippen LogP contribution in [0.3, 0.4) is 0 Å². The molecule has 7 nitrogen and oxygen atoms in total. The molecule has 22 heavy (non-hydrogen) atoms. The van der Waals surface area contributed by atoms with Crippen molar-refractivity contribution in [2.45, 2.75) is 13.3 Å². The highest BCUT2D eigenvalue weighted by molar-refractivity contribution is 5.70. The minimum absolute atomic E-state index is 0.531. The third-order valence-electron chi connectivity index (χ3n) is 2.92. The second-order valence-corrected chi connectivity index (χ2v) is 4.57. The Morgan fingerprint density at radius 1 is 1.18 bits per heavy atom. The van der Waals surface area contributed by atoms with Crippen LogP contribution in [-0.4, -0.2) is 29.7 Å². The zero-order valence-corrected chi connectivity index (χ0v) is 12.5. The van der Waals surface area contributed by atoms with E-state index in [-0.39, 0.29) is 0 Å². The van der Waals surface area contributed by atoms with Gasteiger partial charge in [-0.2, -0.15) is 0 Å². The summed E-state index contributed by atoms with van der Waals surface area (Å²) < 4.78 is 5.42. The van der Waals surface area contributed by atoms with E-state index in [4.69, 9.17) is 4.74 Å². The van der Waals surface area contributed by atoms with Gasteiger partial charge in [0.15, 0.2) is 5.82 Å². The maximum Gasteiger partial charge on any atom is 0.152 e. The number of hydrogen-bond donors (Lipinski definition) is 2. The van der Waals surface area contributed by atoms with Crippen LogP contribution in [0.4, 0.5) is 11.5 Å². The smallest absolute Gasteiger partial charge is 0.152 e. The van der Waals surface area contributed by atoms with Crippen LogP contribution < -0.4 is 10.7 Å². The molecule has 2 N–H and O–H groups in total. The highest BCUT2D eigenvalue weighted by Gasteiger charge is 2.07. The van der Waals surface area contributed by atoms with E-state index in [9.17, 15) is 4.91 Å². The van der Waals surface area contributed by atoms with Crippen LogP contribution in [0.25, 0.3) is 11.3 Å². The Balaban J connectivity index is 2.11. The molecule has 0 amide bonds. The van der Waals surface area contributed by atoms with Gasteiger partial charge >= 0.3 is 0 Å². The van der Waals surface area contributed by atoms with Gasteiger partial charge in [-0.05, 0) is 30.7 Å². The maximum atomic E-state index is 10.4. The molecule has 0 aliphatic rings. The summed E-state index contributed by atoms with van der Waals surface area (Å²) in [5, 5.41) is 5.86. The van der Waals surface area contributed by atoms with Crippen molar-refractivity contribution >= 4 is 11.5 Å².